The van der Waals surface area contributed by atoms with Crippen LogP contribution in [-0.2, 0) is 32.3 Å². The normalized spacial score (nSPS) is 21.2. The van der Waals surface area contributed by atoms with Crippen LogP contribution in [0.25, 0.3) is 0 Å². The van der Waals surface area contributed by atoms with Gasteiger partial charge in [-0.25, -0.2) is 0 Å². The number of hydrogen-bond donors (Lipinski definition) is 3. The SMILES string of the molecule is Nc1nc(C(=NOC(F)F)C(=O)N[C@@H]2C(=O)N3C(C(=O)[O-])=C(C[n+]4ccc5n4CCCN5)CS[C@H]23)ns1. The third-order valence-corrected chi connectivity index (χ3v) is 7.70. The van der Waals surface area contributed by atoms with Gasteiger partial charge in [0.15, 0.2) is 23.7 Å². The van der Waals surface area contributed by atoms with Crippen molar-refractivity contribution in [2.45, 2.75) is 37.5 Å². The maximum atomic E-state index is 13.0. The molecule has 18 heteroatoms. The van der Waals surface area contributed by atoms with E-state index in [1.54, 1.807) is 0 Å². The summed E-state index contributed by atoms with van der Waals surface area (Å²) >= 11 is 1.95. The Morgan fingerprint density at radius 3 is 2.97 bits per heavy atom. The predicted octanol–water partition coefficient (Wildman–Crippen LogP) is -1.93. The average Bonchev–Trinajstić information content (AvgIpc) is 3.48. The Morgan fingerprint density at radius 2 is 2.27 bits per heavy atom. The zero-order chi connectivity index (χ0) is 26.3. The first-order chi connectivity index (χ1) is 17.7. The van der Waals surface area contributed by atoms with Crippen molar-refractivity contribution >= 4 is 57.7 Å². The van der Waals surface area contributed by atoms with E-state index >= 15 is 0 Å². The average molecular weight is 556 g/mol. The number of aliphatic carboxylic acids is 1. The molecule has 37 heavy (non-hydrogen) atoms. The van der Waals surface area contributed by atoms with Crippen LogP contribution in [0.3, 0.4) is 0 Å². The van der Waals surface area contributed by atoms with Crippen molar-refractivity contribution in [1.29, 1.82) is 0 Å². The van der Waals surface area contributed by atoms with Crippen LogP contribution in [0.5, 0.6) is 0 Å². The molecule has 0 radical (unpaired) electrons. The zero-order valence-electron chi connectivity index (χ0n) is 18.8. The first-order valence-electron chi connectivity index (χ1n) is 10.9. The number of alkyl halides is 2. The second-order valence-corrected chi connectivity index (χ2v) is 9.95. The van der Waals surface area contributed by atoms with Crippen LogP contribution in [0, 0.1) is 0 Å². The topological polar surface area (TPSA) is 184 Å². The number of hydrogen-bond acceptors (Lipinski definition) is 12. The number of anilines is 2. The number of halogens is 2. The molecule has 0 saturated carbocycles. The highest BCUT2D eigenvalue weighted by molar-refractivity contribution is 8.00. The maximum absolute atomic E-state index is 13.0. The summed E-state index contributed by atoms with van der Waals surface area (Å²) in [7, 11) is 0. The molecule has 196 valence electrons. The molecule has 0 bridgehead atoms. The number of rotatable bonds is 8. The van der Waals surface area contributed by atoms with Crippen molar-refractivity contribution in [3.63, 3.8) is 0 Å². The lowest BCUT2D eigenvalue weighted by Gasteiger charge is -2.50. The van der Waals surface area contributed by atoms with Gasteiger partial charge in [-0.1, -0.05) is 5.16 Å². The molecule has 2 atom stereocenters. The van der Waals surface area contributed by atoms with Gasteiger partial charge in [-0.05, 0) is 6.42 Å². The van der Waals surface area contributed by atoms with Gasteiger partial charge in [-0.15, -0.1) is 21.1 Å². The lowest BCUT2D eigenvalue weighted by molar-refractivity contribution is -0.768. The summed E-state index contributed by atoms with van der Waals surface area (Å²) in [4.78, 5) is 46.5. The highest BCUT2D eigenvalue weighted by Gasteiger charge is 2.53. The van der Waals surface area contributed by atoms with Crippen LogP contribution in [0.4, 0.5) is 19.7 Å². The number of thioether (sulfide) groups is 1. The summed E-state index contributed by atoms with van der Waals surface area (Å²) < 4.78 is 32.7. The van der Waals surface area contributed by atoms with Gasteiger partial charge in [0.1, 0.15) is 11.4 Å². The highest BCUT2D eigenvalue weighted by Crippen LogP contribution is 2.40. The molecule has 5 heterocycles. The largest absolute Gasteiger partial charge is 0.543 e. The van der Waals surface area contributed by atoms with Gasteiger partial charge >= 0.3 is 6.61 Å². The Balaban J connectivity index is 1.35. The summed E-state index contributed by atoms with van der Waals surface area (Å²) in [6, 6.07) is 0.734. The number of aromatic nitrogens is 4. The van der Waals surface area contributed by atoms with Gasteiger partial charge in [-0.2, -0.15) is 18.1 Å². The number of carboxylic acids is 1. The molecular weight excluding hydrogens is 536 g/mol. The number of carboxylic acid groups (broad SMARTS) is 1. The second-order valence-electron chi connectivity index (χ2n) is 8.06. The molecule has 0 spiro atoms. The Hall–Kier alpha value is -3.80. The van der Waals surface area contributed by atoms with Crippen LogP contribution in [-0.4, -0.2) is 72.8 Å². The van der Waals surface area contributed by atoms with E-state index in [9.17, 15) is 28.3 Å². The van der Waals surface area contributed by atoms with E-state index in [1.807, 2.05) is 21.6 Å². The van der Waals surface area contributed by atoms with Gasteiger partial charge in [0.2, 0.25) is 11.5 Å². The first kappa shape index (κ1) is 24.9. The summed E-state index contributed by atoms with van der Waals surface area (Å²) in [6.45, 7) is -1.49. The summed E-state index contributed by atoms with van der Waals surface area (Å²) in [5.74, 6) is -2.48. The molecule has 2 aromatic rings. The third kappa shape index (κ3) is 4.68. The zero-order valence-corrected chi connectivity index (χ0v) is 20.4. The van der Waals surface area contributed by atoms with Crippen molar-refractivity contribution in [1.82, 2.24) is 24.3 Å². The van der Waals surface area contributed by atoms with E-state index in [4.69, 9.17) is 5.73 Å². The number of nitrogens with two attached hydrogens (primary N) is 1. The van der Waals surface area contributed by atoms with Gasteiger partial charge in [0.25, 0.3) is 11.8 Å². The van der Waals surface area contributed by atoms with Gasteiger partial charge in [-0.3, -0.25) is 14.5 Å². The Bertz CT molecular complexity index is 1330. The lowest BCUT2D eigenvalue weighted by atomic mass is 10.0. The van der Waals surface area contributed by atoms with Gasteiger partial charge in [0.05, 0.1) is 24.3 Å². The summed E-state index contributed by atoms with van der Waals surface area (Å²) in [5, 5.41) is 20.0. The first-order valence-corrected chi connectivity index (χ1v) is 12.7. The molecule has 1 saturated heterocycles. The number of carbonyl (C=O) groups is 3. The lowest BCUT2D eigenvalue weighted by Crippen LogP contribution is -2.71. The molecule has 4 N–H and O–H groups in total. The fourth-order valence-corrected chi connectivity index (χ4v) is 6.02. The monoisotopic (exact) mass is 555 g/mol. The Kier molecular flexibility index (Phi) is 6.67. The van der Waals surface area contributed by atoms with Crippen molar-refractivity contribution < 1.29 is 37.8 Å². The smallest absolute Gasteiger partial charge is 0.407 e. The van der Waals surface area contributed by atoms with Gasteiger partial charge < -0.3 is 31.1 Å². The summed E-state index contributed by atoms with van der Waals surface area (Å²) in [6.07, 6.45) is 2.74. The Labute approximate surface area is 215 Å². The number of oxime groups is 1. The molecule has 0 aromatic carbocycles. The van der Waals surface area contributed by atoms with Crippen LogP contribution < -0.4 is 26.2 Å². The molecule has 5 rings (SSSR count). The van der Waals surface area contributed by atoms with Gasteiger partial charge in [0, 0.05) is 29.4 Å². The highest BCUT2D eigenvalue weighted by atomic mass is 32.2. The number of β-lactam (4-membered cyclic amide) rings is 1. The van der Waals surface area contributed by atoms with E-state index in [0.717, 1.165) is 30.2 Å². The molecule has 0 unspecified atom stereocenters. The molecular formula is C19H19F2N9O5S2. The van der Waals surface area contributed by atoms with Crippen molar-refractivity contribution in [2.75, 3.05) is 23.3 Å². The minimum Gasteiger partial charge on any atom is -0.543 e. The van der Waals surface area contributed by atoms with Crippen molar-refractivity contribution in [3.05, 3.63) is 29.4 Å². The number of amides is 2. The minimum absolute atomic E-state index is 0.0459. The van der Waals surface area contributed by atoms with E-state index in [1.165, 1.54) is 11.8 Å². The van der Waals surface area contributed by atoms with E-state index in [0.29, 0.717) is 17.1 Å². The molecule has 1 fully saturated rings. The molecule has 2 amide bonds. The number of nitrogen functional groups attached to an aromatic ring is 1. The molecule has 3 aliphatic rings. The standard InChI is InChI=1S/C19H19F2N9O5S2/c20-18(21)35-26-10(13-25-19(22)37-27-13)14(31)24-11-15(32)30-12(17(33)34)8(7-36-16(11)30)6-28-5-2-9-23-3-1-4-29(9)28/h2,5,11,16,18H,1,3-4,6-7H2,(H4,22,24,25,27,31,33,34)/t11-,16-/m1/s1. The molecule has 2 aromatic heterocycles. The Morgan fingerprint density at radius 1 is 1.46 bits per heavy atom. The van der Waals surface area contributed by atoms with Crippen LogP contribution in [0.15, 0.2) is 28.7 Å². The van der Waals surface area contributed by atoms with E-state index < -0.39 is 41.5 Å². The van der Waals surface area contributed by atoms with E-state index in [2.05, 4.69) is 30.0 Å². The second kappa shape index (κ2) is 9.92. The molecule has 14 nitrogen and oxygen atoms in total. The van der Waals surface area contributed by atoms with Crippen molar-refractivity contribution in [2.24, 2.45) is 5.16 Å². The number of carbonyl (C=O) groups excluding carboxylic acids is 3. The predicted molar refractivity (Wildman–Crippen MR) is 123 cm³/mol. The van der Waals surface area contributed by atoms with Crippen LogP contribution in [0.2, 0.25) is 0 Å². The number of nitrogens with zero attached hydrogens (tertiary/aromatic N) is 6. The minimum atomic E-state index is -3.32. The maximum Gasteiger partial charge on any atom is 0.407 e. The van der Waals surface area contributed by atoms with Crippen LogP contribution in [0.1, 0.15) is 12.2 Å². The molecule has 3 aliphatic heterocycles. The fourth-order valence-electron chi connectivity index (χ4n) is 4.25. The van der Waals surface area contributed by atoms with Crippen molar-refractivity contribution in [3.8, 4) is 0 Å². The summed E-state index contributed by atoms with van der Waals surface area (Å²) in [5.41, 5.74) is 5.01. The van der Waals surface area contributed by atoms with E-state index in [-0.39, 0.29) is 29.0 Å². The fraction of sp³-hybridized carbons (Fsp3) is 0.421. The number of nitrogens with one attached hydrogen (secondary N) is 2. The molecule has 0 aliphatic carbocycles. The number of fused-ring (bicyclic) bond motifs is 2. The third-order valence-electron chi connectivity index (χ3n) is 5.82. The van der Waals surface area contributed by atoms with Crippen LogP contribution >= 0.6 is 23.3 Å². The quantitative estimate of drug-likeness (QED) is 0.144.